The molecule has 0 aliphatic heterocycles. The first-order valence-electron chi connectivity index (χ1n) is 12.5. The molecule has 0 spiro atoms. The number of carbonyl (C=O) groups is 2. The summed E-state index contributed by atoms with van der Waals surface area (Å²) < 4.78 is 36.4. The van der Waals surface area contributed by atoms with Gasteiger partial charge in [-0.3, -0.25) is 9.36 Å². The van der Waals surface area contributed by atoms with Gasteiger partial charge < -0.3 is 15.2 Å². The van der Waals surface area contributed by atoms with Crippen LogP contribution in [0.3, 0.4) is 0 Å². The maximum atomic E-state index is 15.3. The van der Waals surface area contributed by atoms with Gasteiger partial charge in [0.15, 0.2) is 0 Å². The highest BCUT2D eigenvalue weighted by molar-refractivity contribution is 7.80. The maximum Gasteiger partial charge on any atom is 0.336 e. The third-order valence-electron chi connectivity index (χ3n) is 6.15. The number of carbonyl (C=O) groups excluding carboxylic acids is 1. The number of alkyl halides is 1. The van der Waals surface area contributed by atoms with E-state index in [0.29, 0.717) is 34.9 Å². The third-order valence-corrected chi connectivity index (χ3v) is 6.59. The standard InChI is InChI=1S/C28H33F2N3O4S/c1-4-37-28-32-24(13-29)25(14-31-26(34)20(16-38)11-17(2)3)33(28)15-19-10-9-18(12-23(19)30)21-7-5-6-8-22(21)27(35)36/h5-10,12,17,20,38H,4,11,13-16H2,1-3H3,(H,31,34)(H,35,36). The van der Waals surface area contributed by atoms with E-state index >= 15 is 4.39 Å². The Morgan fingerprint density at radius 3 is 2.55 bits per heavy atom. The number of imidazole rings is 1. The number of nitrogens with zero attached hydrogens (tertiary/aromatic N) is 2. The van der Waals surface area contributed by atoms with Crippen LogP contribution in [-0.4, -0.2) is 38.9 Å². The number of carboxylic acid groups (broad SMARTS) is 1. The van der Waals surface area contributed by atoms with E-state index in [1.54, 1.807) is 41.8 Å². The molecule has 0 radical (unpaired) electrons. The lowest BCUT2D eigenvalue weighted by atomic mass is 9.98. The highest BCUT2D eigenvalue weighted by Gasteiger charge is 2.23. The Morgan fingerprint density at radius 1 is 1.21 bits per heavy atom. The largest absolute Gasteiger partial charge is 0.478 e. The second-order valence-electron chi connectivity index (χ2n) is 9.32. The summed E-state index contributed by atoms with van der Waals surface area (Å²) in [7, 11) is 0. The van der Waals surface area contributed by atoms with Crippen LogP contribution in [0, 0.1) is 17.7 Å². The van der Waals surface area contributed by atoms with Crippen molar-refractivity contribution < 1.29 is 28.2 Å². The minimum Gasteiger partial charge on any atom is -0.478 e. The van der Waals surface area contributed by atoms with Crippen molar-refractivity contribution in [2.24, 2.45) is 11.8 Å². The molecule has 0 saturated heterocycles. The van der Waals surface area contributed by atoms with Crippen molar-refractivity contribution in [2.45, 2.75) is 47.0 Å². The van der Waals surface area contributed by atoms with Crippen molar-refractivity contribution in [3.8, 4) is 17.1 Å². The summed E-state index contributed by atoms with van der Waals surface area (Å²) in [5.74, 6) is -1.48. The van der Waals surface area contributed by atoms with Crippen LogP contribution in [0.1, 0.15) is 54.5 Å². The highest BCUT2D eigenvalue weighted by Crippen LogP contribution is 2.28. The van der Waals surface area contributed by atoms with Gasteiger partial charge in [0.25, 0.3) is 6.01 Å². The summed E-state index contributed by atoms with van der Waals surface area (Å²) in [5.41, 5.74) is 1.63. The Morgan fingerprint density at radius 2 is 1.95 bits per heavy atom. The van der Waals surface area contributed by atoms with E-state index in [0.717, 1.165) is 0 Å². The minimum absolute atomic E-state index is 0.00771. The van der Waals surface area contributed by atoms with Crippen molar-refractivity contribution >= 4 is 24.5 Å². The fourth-order valence-corrected chi connectivity index (χ4v) is 4.62. The summed E-state index contributed by atoms with van der Waals surface area (Å²) >= 11 is 4.30. The van der Waals surface area contributed by atoms with Crippen molar-refractivity contribution in [3.63, 3.8) is 0 Å². The molecular formula is C28H33F2N3O4S. The van der Waals surface area contributed by atoms with Crippen LogP contribution >= 0.6 is 12.6 Å². The number of nitrogens with one attached hydrogen (secondary N) is 1. The van der Waals surface area contributed by atoms with E-state index in [4.69, 9.17) is 4.74 Å². The van der Waals surface area contributed by atoms with Gasteiger partial charge in [0, 0.05) is 17.2 Å². The smallest absolute Gasteiger partial charge is 0.336 e. The molecule has 0 aliphatic carbocycles. The van der Waals surface area contributed by atoms with E-state index in [2.05, 4.69) is 22.9 Å². The Hall–Kier alpha value is -3.40. The quantitative estimate of drug-likeness (QED) is 0.246. The summed E-state index contributed by atoms with van der Waals surface area (Å²) in [5, 5.41) is 12.3. The van der Waals surface area contributed by atoms with Crippen LogP contribution in [-0.2, 0) is 24.6 Å². The Bertz CT molecular complexity index is 1280. The van der Waals surface area contributed by atoms with Gasteiger partial charge >= 0.3 is 5.97 Å². The molecular weight excluding hydrogens is 512 g/mol. The summed E-state index contributed by atoms with van der Waals surface area (Å²) in [4.78, 5) is 28.6. The number of hydrogen-bond donors (Lipinski definition) is 3. The molecule has 1 atom stereocenters. The van der Waals surface area contributed by atoms with Crippen molar-refractivity contribution in [1.82, 2.24) is 14.9 Å². The van der Waals surface area contributed by atoms with Crippen LogP contribution in [0.25, 0.3) is 11.1 Å². The van der Waals surface area contributed by atoms with E-state index in [-0.39, 0.29) is 54.4 Å². The van der Waals surface area contributed by atoms with Crippen LogP contribution in [0.4, 0.5) is 8.78 Å². The van der Waals surface area contributed by atoms with E-state index < -0.39 is 18.5 Å². The molecule has 0 fully saturated rings. The van der Waals surface area contributed by atoms with Crippen molar-refractivity contribution in [1.29, 1.82) is 0 Å². The number of amides is 1. The predicted octanol–water partition coefficient (Wildman–Crippen LogP) is 5.51. The number of thiol groups is 1. The Labute approximate surface area is 226 Å². The van der Waals surface area contributed by atoms with Crippen molar-refractivity contribution in [2.75, 3.05) is 12.4 Å². The molecule has 10 heteroatoms. The minimum atomic E-state index is -1.11. The number of carboxylic acids is 1. The number of rotatable bonds is 13. The molecule has 1 heterocycles. The molecule has 204 valence electrons. The number of aromatic nitrogens is 2. The number of benzene rings is 2. The molecule has 1 amide bonds. The van der Waals surface area contributed by atoms with Gasteiger partial charge in [-0.25, -0.2) is 13.6 Å². The lowest BCUT2D eigenvalue weighted by Gasteiger charge is -2.18. The van der Waals surface area contributed by atoms with Gasteiger partial charge in [0.05, 0.1) is 36.6 Å². The Kier molecular flexibility index (Phi) is 10.3. The molecule has 2 aromatic carbocycles. The molecule has 38 heavy (non-hydrogen) atoms. The molecule has 2 N–H and O–H groups in total. The lowest BCUT2D eigenvalue weighted by molar-refractivity contribution is -0.125. The number of aromatic carboxylic acids is 1. The molecule has 1 unspecified atom stereocenters. The number of hydrogen-bond acceptors (Lipinski definition) is 5. The van der Waals surface area contributed by atoms with Gasteiger partial charge in [-0.1, -0.05) is 44.2 Å². The van der Waals surface area contributed by atoms with E-state index in [9.17, 15) is 19.1 Å². The second kappa shape index (κ2) is 13.4. The highest BCUT2D eigenvalue weighted by atomic mass is 32.1. The number of ether oxygens (including phenoxy) is 1. The van der Waals surface area contributed by atoms with Gasteiger partial charge in [0.1, 0.15) is 12.5 Å². The summed E-state index contributed by atoms with van der Waals surface area (Å²) in [6, 6.07) is 11.0. The zero-order chi connectivity index (χ0) is 27.8. The summed E-state index contributed by atoms with van der Waals surface area (Å²) in [6.07, 6.45) is 0.664. The Balaban J connectivity index is 1.93. The second-order valence-corrected chi connectivity index (χ2v) is 9.69. The van der Waals surface area contributed by atoms with Crippen LogP contribution in [0.5, 0.6) is 6.01 Å². The van der Waals surface area contributed by atoms with Crippen LogP contribution in [0.2, 0.25) is 0 Å². The molecule has 3 rings (SSSR count). The van der Waals surface area contributed by atoms with Gasteiger partial charge in [-0.15, -0.1) is 0 Å². The first-order chi connectivity index (χ1) is 18.2. The third kappa shape index (κ3) is 6.92. The topological polar surface area (TPSA) is 93.5 Å². The van der Waals surface area contributed by atoms with Crippen LogP contribution < -0.4 is 10.1 Å². The van der Waals surface area contributed by atoms with Gasteiger partial charge in [-0.05, 0) is 42.5 Å². The molecule has 0 saturated carbocycles. The average Bonchev–Trinajstić information content (AvgIpc) is 3.22. The molecule has 3 aromatic rings. The number of halogens is 2. The monoisotopic (exact) mass is 545 g/mol. The fourth-order valence-electron chi connectivity index (χ4n) is 4.30. The zero-order valence-electron chi connectivity index (χ0n) is 21.7. The zero-order valence-corrected chi connectivity index (χ0v) is 22.6. The van der Waals surface area contributed by atoms with Gasteiger partial charge in [0.2, 0.25) is 5.91 Å². The molecule has 0 aliphatic rings. The first-order valence-corrected chi connectivity index (χ1v) is 13.1. The first kappa shape index (κ1) is 29.2. The predicted molar refractivity (Wildman–Crippen MR) is 145 cm³/mol. The summed E-state index contributed by atoms with van der Waals surface area (Å²) in [6.45, 7) is 5.15. The molecule has 7 nitrogen and oxygen atoms in total. The normalized spacial score (nSPS) is 12.0. The SMILES string of the molecule is CCOc1nc(CF)c(CNC(=O)C(CS)CC(C)C)n1Cc1ccc(-c2ccccc2C(=O)O)cc1F. The van der Waals surface area contributed by atoms with Gasteiger partial charge in [-0.2, -0.15) is 17.6 Å². The van der Waals surface area contributed by atoms with Crippen LogP contribution in [0.15, 0.2) is 42.5 Å². The fraction of sp³-hybridized carbons (Fsp3) is 0.393. The molecule has 1 aromatic heterocycles. The maximum absolute atomic E-state index is 15.3. The molecule has 0 bridgehead atoms. The van der Waals surface area contributed by atoms with Crippen molar-refractivity contribution in [3.05, 3.63) is 70.8 Å². The average molecular weight is 546 g/mol. The van der Waals surface area contributed by atoms with E-state index in [1.807, 2.05) is 13.8 Å². The lowest BCUT2D eigenvalue weighted by Crippen LogP contribution is -2.33. The van der Waals surface area contributed by atoms with E-state index in [1.165, 1.54) is 12.1 Å².